The average Bonchev–Trinajstić information content (AvgIpc) is 2.36. The minimum Gasteiger partial charge on any atom is -0.464 e. The summed E-state index contributed by atoms with van der Waals surface area (Å²) in [7, 11) is -3.88. The van der Waals surface area contributed by atoms with Crippen LogP contribution in [0.15, 0.2) is 0 Å². The van der Waals surface area contributed by atoms with Crippen LogP contribution in [0.25, 0.3) is 0 Å². The summed E-state index contributed by atoms with van der Waals surface area (Å²) < 4.78 is 27.2. The highest BCUT2D eigenvalue weighted by molar-refractivity contribution is 7.55. The monoisotopic (exact) mass is 297 g/mol. The van der Waals surface area contributed by atoms with Gasteiger partial charge in [0.2, 0.25) is 5.78 Å². The van der Waals surface area contributed by atoms with Crippen molar-refractivity contribution in [1.82, 2.24) is 10.7 Å². The zero-order chi connectivity index (χ0) is 14.9. The molecule has 0 aromatic heterocycles. The Hall–Kier alpha value is -1.15. The third kappa shape index (κ3) is 5.56. The summed E-state index contributed by atoms with van der Waals surface area (Å²) in [4.78, 5) is 23.0. The van der Waals surface area contributed by atoms with Crippen molar-refractivity contribution in [3.05, 3.63) is 0 Å². The topological polar surface area (TPSA) is 129 Å². The van der Waals surface area contributed by atoms with Crippen molar-refractivity contribution in [2.45, 2.75) is 26.6 Å². The maximum absolute atomic E-state index is 12.5. The number of ether oxygens (including phenoxy) is 1. The number of hydrogen-bond acceptors (Lipinski definition) is 7. The Balaban J connectivity index is 5.20. The van der Waals surface area contributed by atoms with Gasteiger partial charge in [0.05, 0.1) is 19.8 Å². The van der Waals surface area contributed by atoms with Gasteiger partial charge < -0.3 is 19.1 Å². The van der Waals surface area contributed by atoms with Gasteiger partial charge in [-0.1, -0.05) is 0 Å². The highest BCUT2D eigenvalue weighted by Gasteiger charge is 2.43. The summed E-state index contributed by atoms with van der Waals surface area (Å²) in [6.45, 7) is 4.87. The molecule has 10 heteroatoms. The highest BCUT2D eigenvalue weighted by Crippen LogP contribution is 2.52. The van der Waals surface area contributed by atoms with Crippen LogP contribution < -0.4 is 16.6 Å². The lowest BCUT2D eigenvalue weighted by molar-refractivity contribution is -0.143. The minimum atomic E-state index is -3.88. The van der Waals surface area contributed by atoms with Crippen molar-refractivity contribution in [3.63, 3.8) is 0 Å². The molecule has 1 atom stereocenters. The van der Waals surface area contributed by atoms with Crippen LogP contribution in [0.4, 0.5) is 4.79 Å². The van der Waals surface area contributed by atoms with E-state index in [2.05, 4.69) is 5.32 Å². The molecule has 19 heavy (non-hydrogen) atoms. The second kappa shape index (κ2) is 8.87. The molecule has 0 saturated carbocycles. The zero-order valence-corrected chi connectivity index (χ0v) is 12.1. The molecule has 0 rings (SSSR count). The number of carbonyl (C=O) groups is 2. The largest absolute Gasteiger partial charge is 0.464 e. The van der Waals surface area contributed by atoms with Crippen LogP contribution in [0.1, 0.15) is 20.8 Å². The fourth-order valence-corrected chi connectivity index (χ4v) is 2.90. The van der Waals surface area contributed by atoms with Gasteiger partial charge in [-0.15, -0.1) is 0 Å². The van der Waals surface area contributed by atoms with Crippen molar-refractivity contribution in [2.24, 2.45) is 5.84 Å². The normalized spacial score (nSPS) is 12.6. The average molecular weight is 297 g/mol. The van der Waals surface area contributed by atoms with Crippen LogP contribution in [-0.2, 0) is 23.1 Å². The lowest BCUT2D eigenvalue weighted by Gasteiger charge is -2.25. The van der Waals surface area contributed by atoms with E-state index in [-0.39, 0.29) is 19.8 Å². The maximum atomic E-state index is 12.5. The first kappa shape index (κ1) is 17.8. The lowest BCUT2D eigenvalue weighted by atomic mass is 10.6. The summed E-state index contributed by atoms with van der Waals surface area (Å²) in [6.07, 6.45) is 0. The molecule has 0 aliphatic rings. The molecule has 0 radical (unpaired) electrons. The number of hydrazine groups is 1. The summed E-state index contributed by atoms with van der Waals surface area (Å²) >= 11 is 0. The molecule has 0 spiro atoms. The third-order valence-corrected chi connectivity index (χ3v) is 4.05. The molecule has 9 nitrogen and oxygen atoms in total. The number of nitrogens with two attached hydrogens (primary N) is 1. The van der Waals surface area contributed by atoms with E-state index in [1.165, 1.54) is 0 Å². The fraction of sp³-hybridized carbons (Fsp3) is 0.778. The van der Waals surface area contributed by atoms with Gasteiger partial charge in [-0.2, -0.15) is 0 Å². The standard InChI is InChI=1S/C9H20N3O6P/c1-4-16-8(13)7(11-9(14)12-10)19(15,17-5-2)18-6-3/h7H,4-6,10H2,1-3H3,(H2,11,12,14). The molecule has 0 aliphatic carbocycles. The summed E-state index contributed by atoms with van der Waals surface area (Å²) in [5, 5.41) is 2.10. The molecule has 4 N–H and O–H groups in total. The molecule has 0 saturated heterocycles. The molecular formula is C9H20N3O6P. The zero-order valence-electron chi connectivity index (χ0n) is 11.2. The van der Waals surface area contributed by atoms with Crippen LogP contribution in [0.3, 0.4) is 0 Å². The molecule has 0 aromatic carbocycles. The molecule has 0 fully saturated rings. The Morgan fingerprint density at radius 1 is 1.16 bits per heavy atom. The molecule has 2 amide bonds. The number of carbonyl (C=O) groups excluding carboxylic acids is 2. The second-order valence-electron chi connectivity index (χ2n) is 3.15. The van der Waals surface area contributed by atoms with Gasteiger partial charge in [-0.3, -0.25) is 9.99 Å². The maximum Gasteiger partial charge on any atom is 0.364 e. The number of nitrogens with one attached hydrogen (secondary N) is 2. The Morgan fingerprint density at radius 2 is 1.68 bits per heavy atom. The molecule has 0 bridgehead atoms. The lowest BCUT2D eigenvalue weighted by Crippen LogP contribution is -2.49. The van der Waals surface area contributed by atoms with E-state index >= 15 is 0 Å². The van der Waals surface area contributed by atoms with E-state index in [1.54, 1.807) is 26.2 Å². The van der Waals surface area contributed by atoms with Crippen LogP contribution in [-0.4, -0.2) is 37.6 Å². The van der Waals surface area contributed by atoms with Gasteiger partial charge in [0.15, 0.2) is 0 Å². The summed E-state index contributed by atoms with van der Waals surface area (Å²) in [6, 6.07) is -0.905. The fourth-order valence-electron chi connectivity index (χ4n) is 1.20. The summed E-state index contributed by atoms with van der Waals surface area (Å²) in [5.74, 6) is 2.41. The van der Waals surface area contributed by atoms with Crippen LogP contribution in [0.5, 0.6) is 0 Å². The number of esters is 1. The Kier molecular flexibility index (Phi) is 8.33. The van der Waals surface area contributed by atoms with Gasteiger partial charge in [-0.05, 0) is 20.8 Å². The van der Waals surface area contributed by atoms with Crippen LogP contribution in [0, 0.1) is 0 Å². The van der Waals surface area contributed by atoms with E-state index in [0.29, 0.717) is 0 Å². The van der Waals surface area contributed by atoms with Gasteiger partial charge in [0, 0.05) is 0 Å². The van der Waals surface area contributed by atoms with Gasteiger partial charge >= 0.3 is 19.6 Å². The molecule has 0 aromatic rings. The van der Waals surface area contributed by atoms with Gasteiger partial charge in [0.25, 0.3) is 0 Å². The molecule has 0 heterocycles. The van der Waals surface area contributed by atoms with Crippen molar-refractivity contribution in [2.75, 3.05) is 19.8 Å². The van der Waals surface area contributed by atoms with E-state index in [9.17, 15) is 14.2 Å². The number of rotatable bonds is 8. The Morgan fingerprint density at radius 3 is 2.05 bits per heavy atom. The second-order valence-corrected chi connectivity index (χ2v) is 5.26. The third-order valence-electron chi connectivity index (χ3n) is 1.84. The van der Waals surface area contributed by atoms with Crippen molar-refractivity contribution in [1.29, 1.82) is 0 Å². The van der Waals surface area contributed by atoms with Crippen molar-refractivity contribution >= 4 is 19.6 Å². The Labute approximate surface area is 111 Å². The minimum absolute atomic E-state index is 0.0408. The number of hydrogen-bond donors (Lipinski definition) is 3. The first-order valence-corrected chi connectivity index (χ1v) is 7.38. The van der Waals surface area contributed by atoms with Crippen LogP contribution >= 0.6 is 7.60 Å². The van der Waals surface area contributed by atoms with E-state index in [1.807, 2.05) is 0 Å². The molecule has 0 aliphatic heterocycles. The number of urea groups is 1. The first-order chi connectivity index (χ1) is 8.95. The van der Waals surface area contributed by atoms with Crippen molar-refractivity contribution in [3.8, 4) is 0 Å². The quantitative estimate of drug-likeness (QED) is 0.193. The van der Waals surface area contributed by atoms with Gasteiger partial charge in [-0.25, -0.2) is 15.4 Å². The van der Waals surface area contributed by atoms with E-state index in [0.717, 1.165) is 0 Å². The Bertz CT molecular complexity index is 341. The van der Waals surface area contributed by atoms with Gasteiger partial charge in [0.1, 0.15) is 0 Å². The van der Waals surface area contributed by atoms with E-state index in [4.69, 9.17) is 19.6 Å². The van der Waals surface area contributed by atoms with Crippen molar-refractivity contribution < 1.29 is 27.9 Å². The SMILES string of the molecule is CCOC(=O)C(NC(=O)NN)P(=O)(OCC)OCC. The van der Waals surface area contributed by atoms with E-state index < -0.39 is 25.4 Å². The smallest absolute Gasteiger partial charge is 0.364 e. The first-order valence-electron chi connectivity index (χ1n) is 5.77. The van der Waals surface area contributed by atoms with Crippen LogP contribution in [0.2, 0.25) is 0 Å². The predicted octanol–water partition coefficient (Wildman–Crippen LogP) is 0.315. The highest BCUT2D eigenvalue weighted by atomic mass is 31.2. The number of amides is 2. The summed E-state index contributed by atoms with van der Waals surface area (Å²) in [5.41, 5.74) is 1.76. The molecule has 1 unspecified atom stereocenters. The predicted molar refractivity (Wildman–Crippen MR) is 67.1 cm³/mol. The molecule has 112 valence electrons. The molecular weight excluding hydrogens is 277 g/mol.